The summed E-state index contributed by atoms with van der Waals surface area (Å²) in [5.41, 5.74) is 11.8. The highest BCUT2D eigenvalue weighted by Crippen LogP contribution is 2.49. The van der Waals surface area contributed by atoms with E-state index in [2.05, 4.69) is 252 Å². The third-order valence-electron chi connectivity index (χ3n) is 14.8. The minimum atomic E-state index is 1.09. The van der Waals surface area contributed by atoms with Crippen LogP contribution in [0.4, 0.5) is 17.1 Å². The smallest absolute Gasteiger partial charge is 0.0621 e. The van der Waals surface area contributed by atoms with Crippen LogP contribution in [0, 0.1) is 0 Å². The normalized spacial score (nSPS) is 12.1. The van der Waals surface area contributed by atoms with Gasteiger partial charge in [-0.15, -0.1) is 0 Å². The lowest BCUT2D eigenvalue weighted by atomic mass is 9.92. The molecule has 0 fully saturated rings. The summed E-state index contributed by atoms with van der Waals surface area (Å²) in [6, 6.07) is 90.4. The zero-order valence-electron chi connectivity index (χ0n) is 37.0. The van der Waals surface area contributed by atoms with Crippen molar-refractivity contribution in [2.24, 2.45) is 0 Å². The fourth-order valence-corrected chi connectivity index (χ4v) is 11.9. The second-order valence-electron chi connectivity index (χ2n) is 18.4. The number of hydrogen-bond acceptors (Lipinski definition) is 1. The van der Waals surface area contributed by atoms with Crippen LogP contribution in [0.5, 0.6) is 0 Å². The van der Waals surface area contributed by atoms with E-state index in [1.807, 2.05) is 0 Å². The molecule has 2 aromatic heterocycles. The second-order valence-corrected chi connectivity index (χ2v) is 18.4. The first kappa shape index (κ1) is 37.3. The summed E-state index contributed by atoms with van der Waals surface area (Å²) in [6.45, 7) is 0. The molecule has 68 heavy (non-hydrogen) atoms. The Bertz CT molecular complexity index is 4510. The van der Waals surface area contributed by atoms with Crippen molar-refractivity contribution in [1.29, 1.82) is 0 Å². The molecule has 314 valence electrons. The van der Waals surface area contributed by atoms with Crippen molar-refractivity contribution in [2.75, 3.05) is 4.90 Å². The molecule has 0 unspecified atom stereocenters. The van der Waals surface area contributed by atoms with Gasteiger partial charge in [0.15, 0.2) is 0 Å². The maximum absolute atomic E-state index is 2.55. The molecule has 15 aromatic rings. The lowest BCUT2D eigenvalue weighted by molar-refractivity contribution is 1.29. The van der Waals surface area contributed by atoms with E-state index in [1.165, 1.54) is 125 Å². The summed E-state index contributed by atoms with van der Waals surface area (Å²) in [4.78, 5) is 2.52. The predicted molar refractivity (Wildman–Crippen MR) is 292 cm³/mol. The lowest BCUT2D eigenvalue weighted by Crippen LogP contribution is -2.10. The zero-order valence-corrected chi connectivity index (χ0v) is 37.0. The first-order valence-electron chi connectivity index (χ1n) is 23.6. The van der Waals surface area contributed by atoms with E-state index < -0.39 is 0 Å². The molecule has 0 atom stereocenters. The number of pyridine rings is 1. The highest BCUT2D eigenvalue weighted by molar-refractivity contribution is 6.33. The topological polar surface area (TPSA) is 7.65 Å². The van der Waals surface area contributed by atoms with Crippen molar-refractivity contribution in [3.8, 4) is 22.3 Å². The van der Waals surface area contributed by atoms with Gasteiger partial charge >= 0.3 is 0 Å². The average molecular weight is 861 g/mol. The maximum Gasteiger partial charge on any atom is 0.0621 e. The first-order chi connectivity index (χ1) is 33.7. The van der Waals surface area contributed by atoms with Crippen molar-refractivity contribution in [1.82, 2.24) is 4.40 Å². The fourth-order valence-electron chi connectivity index (χ4n) is 11.9. The summed E-state index contributed by atoms with van der Waals surface area (Å²) in [5.74, 6) is 0. The zero-order chi connectivity index (χ0) is 44.5. The molecular formula is C66H40N2. The molecule has 0 aliphatic heterocycles. The van der Waals surface area contributed by atoms with Gasteiger partial charge in [0.1, 0.15) is 0 Å². The number of benzene rings is 13. The molecule has 0 aliphatic rings. The second kappa shape index (κ2) is 14.3. The molecule has 0 bridgehead atoms. The molecule has 2 heterocycles. The van der Waals surface area contributed by atoms with E-state index in [1.54, 1.807) is 0 Å². The van der Waals surface area contributed by atoms with E-state index in [4.69, 9.17) is 0 Å². The van der Waals surface area contributed by atoms with Gasteiger partial charge in [-0.05, 0) is 135 Å². The van der Waals surface area contributed by atoms with E-state index >= 15 is 0 Å². The van der Waals surface area contributed by atoms with Gasteiger partial charge in [-0.25, -0.2) is 0 Å². The van der Waals surface area contributed by atoms with Crippen molar-refractivity contribution < 1.29 is 0 Å². The summed E-state index contributed by atoms with van der Waals surface area (Å²) in [6.07, 6.45) is 0. The molecule has 0 N–H and O–H groups in total. The van der Waals surface area contributed by atoms with E-state index in [0.717, 1.165) is 17.1 Å². The van der Waals surface area contributed by atoms with Crippen LogP contribution in [-0.2, 0) is 0 Å². The van der Waals surface area contributed by atoms with Crippen LogP contribution in [0.25, 0.3) is 125 Å². The van der Waals surface area contributed by atoms with E-state index in [0.29, 0.717) is 0 Å². The van der Waals surface area contributed by atoms with E-state index in [-0.39, 0.29) is 0 Å². The number of aromatic nitrogens is 1. The minimum absolute atomic E-state index is 1.09. The summed E-state index contributed by atoms with van der Waals surface area (Å²) >= 11 is 0. The largest absolute Gasteiger partial charge is 0.310 e. The van der Waals surface area contributed by atoms with Crippen LogP contribution >= 0.6 is 0 Å². The van der Waals surface area contributed by atoms with Gasteiger partial charge in [-0.2, -0.15) is 0 Å². The van der Waals surface area contributed by atoms with Gasteiger partial charge in [-0.3, -0.25) is 0 Å². The average Bonchev–Trinajstić information content (AvgIpc) is 3.75. The van der Waals surface area contributed by atoms with Crippen LogP contribution in [-0.4, -0.2) is 4.40 Å². The van der Waals surface area contributed by atoms with Gasteiger partial charge in [0.05, 0.1) is 16.6 Å². The van der Waals surface area contributed by atoms with Gasteiger partial charge in [0.2, 0.25) is 0 Å². The van der Waals surface area contributed by atoms with Crippen LogP contribution in [0.3, 0.4) is 0 Å². The van der Waals surface area contributed by atoms with Gasteiger partial charge in [0.25, 0.3) is 0 Å². The number of fused-ring (bicyclic) bond motifs is 15. The molecule has 0 saturated carbocycles. The summed E-state index contributed by atoms with van der Waals surface area (Å²) in [5, 5.41) is 20.1. The van der Waals surface area contributed by atoms with Gasteiger partial charge < -0.3 is 9.30 Å². The maximum atomic E-state index is 2.55. The Labute approximate surface area is 392 Å². The highest BCUT2D eigenvalue weighted by atomic mass is 15.1. The van der Waals surface area contributed by atoms with E-state index in [9.17, 15) is 0 Å². The van der Waals surface area contributed by atoms with Crippen molar-refractivity contribution >= 4 is 120 Å². The van der Waals surface area contributed by atoms with Crippen LogP contribution in [0.2, 0.25) is 0 Å². The van der Waals surface area contributed by atoms with Crippen LogP contribution in [0.15, 0.2) is 243 Å². The third kappa shape index (κ3) is 5.28. The number of anilines is 3. The molecule has 15 rings (SSSR count). The summed E-state index contributed by atoms with van der Waals surface area (Å²) < 4.78 is 2.55. The molecular weight excluding hydrogens is 821 g/mol. The quantitative estimate of drug-likeness (QED) is 0.124. The Morgan fingerprint density at radius 3 is 1.49 bits per heavy atom. The molecule has 0 spiro atoms. The monoisotopic (exact) mass is 860 g/mol. The standard InChI is InChI=1S/C66H40N2/c1-3-15-41(16-4-1)49-33-30-45(37-58(49)42-17-5-2-6-18-42)67(46-31-34-55-52-25-10-9-23-50(52)51-24-11-12-26-53(51)59(55)38-46)47-39-60-56-27-13-20-44-21-14-28-62(64(44)56)68-63-36-35-54-48-22-8-7-19-43(48)29-32-57(54)65(63)61(40-47)66(60)68/h1-40H. The molecule has 2 nitrogen and oxygen atoms in total. The Hall–Kier alpha value is -8.98. The molecule has 2 heteroatoms. The third-order valence-corrected chi connectivity index (χ3v) is 14.8. The summed E-state index contributed by atoms with van der Waals surface area (Å²) in [7, 11) is 0. The van der Waals surface area contributed by atoms with Crippen molar-refractivity contribution in [3.05, 3.63) is 243 Å². The lowest BCUT2D eigenvalue weighted by Gasteiger charge is -2.28. The molecule has 0 aliphatic carbocycles. The molecule has 13 aromatic carbocycles. The van der Waals surface area contributed by atoms with Gasteiger partial charge in [-0.1, -0.05) is 194 Å². The van der Waals surface area contributed by atoms with Crippen LogP contribution < -0.4 is 4.90 Å². The Balaban J connectivity index is 1.10. The van der Waals surface area contributed by atoms with Crippen LogP contribution in [0.1, 0.15) is 0 Å². The van der Waals surface area contributed by atoms with Crippen molar-refractivity contribution in [3.63, 3.8) is 0 Å². The predicted octanol–water partition coefficient (Wildman–Crippen LogP) is 18.6. The van der Waals surface area contributed by atoms with Gasteiger partial charge in [0, 0.05) is 38.6 Å². The van der Waals surface area contributed by atoms with Crippen molar-refractivity contribution in [2.45, 2.75) is 0 Å². The molecule has 0 saturated heterocycles. The molecule has 0 radical (unpaired) electrons. The highest BCUT2D eigenvalue weighted by Gasteiger charge is 2.24. The molecule has 0 amide bonds. The number of rotatable bonds is 5. The minimum Gasteiger partial charge on any atom is -0.310 e. The first-order valence-corrected chi connectivity index (χ1v) is 23.6. The number of nitrogens with zero attached hydrogens (tertiary/aromatic N) is 2. The fraction of sp³-hybridized carbons (Fsp3) is 0. The Morgan fingerprint density at radius 1 is 0.250 bits per heavy atom. The Morgan fingerprint density at radius 2 is 0.735 bits per heavy atom. The SMILES string of the molecule is c1ccc(-c2ccc(N(c3ccc4c5ccccc5c5ccccc5c4c3)c3cc4c5cccc6cccc(c65)n5c6ccc7c8ccccc8ccc7c6c(c3)c45)cc2-c2ccccc2)cc1. The Kier molecular flexibility index (Phi) is 7.81. The number of hydrogen-bond donors (Lipinski definition) is 0.